The van der Waals surface area contributed by atoms with E-state index in [4.69, 9.17) is 0 Å². The van der Waals surface area contributed by atoms with Crippen LogP contribution in [0.4, 0.5) is 4.39 Å². The maximum absolute atomic E-state index is 13.1. The van der Waals surface area contributed by atoms with E-state index in [1.54, 1.807) is 22.7 Å². The standard InChI is InChI=1S/C20H19FN4S2/c1-12(16-9-10-17(27-16)14-5-7-15(21)8-6-14)22-13(2)19-23-20(25-24-19)18-4-3-11-26-18/h3-13,22H,1-2H3,(H,23,24,25). The number of rotatable bonds is 6. The van der Waals surface area contributed by atoms with Gasteiger partial charge >= 0.3 is 0 Å². The Morgan fingerprint density at radius 1 is 1.00 bits per heavy atom. The highest BCUT2D eigenvalue weighted by Gasteiger charge is 2.17. The number of H-pyrrole nitrogens is 1. The number of hydrogen-bond donors (Lipinski definition) is 2. The molecule has 2 N–H and O–H groups in total. The molecule has 0 amide bonds. The van der Waals surface area contributed by atoms with E-state index in [0.29, 0.717) is 0 Å². The Balaban J connectivity index is 1.44. The van der Waals surface area contributed by atoms with Crippen LogP contribution in [-0.4, -0.2) is 15.2 Å². The van der Waals surface area contributed by atoms with Crippen molar-refractivity contribution < 1.29 is 4.39 Å². The number of nitrogens with zero attached hydrogens (tertiary/aromatic N) is 2. The molecule has 27 heavy (non-hydrogen) atoms. The lowest BCUT2D eigenvalue weighted by atomic mass is 10.2. The first-order valence-electron chi connectivity index (χ1n) is 8.68. The lowest BCUT2D eigenvalue weighted by Crippen LogP contribution is -2.22. The van der Waals surface area contributed by atoms with Crippen molar-refractivity contribution >= 4 is 22.7 Å². The highest BCUT2D eigenvalue weighted by molar-refractivity contribution is 7.15. The van der Waals surface area contributed by atoms with Gasteiger partial charge in [0.2, 0.25) is 0 Å². The van der Waals surface area contributed by atoms with Gasteiger partial charge in [-0.3, -0.25) is 5.10 Å². The van der Waals surface area contributed by atoms with E-state index in [1.165, 1.54) is 17.0 Å². The molecule has 0 radical (unpaired) electrons. The van der Waals surface area contributed by atoms with E-state index in [9.17, 15) is 4.39 Å². The second-order valence-corrected chi connectivity index (χ2v) is 8.40. The molecule has 0 aliphatic carbocycles. The Labute approximate surface area is 165 Å². The van der Waals surface area contributed by atoms with Gasteiger partial charge in [0.15, 0.2) is 5.82 Å². The summed E-state index contributed by atoms with van der Waals surface area (Å²) in [5.41, 5.74) is 1.03. The van der Waals surface area contributed by atoms with Gasteiger partial charge < -0.3 is 5.32 Å². The summed E-state index contributed by atoms with van der Waals surface area (Å²) in [6.07, 6.45) is 0. The minimum atomic E-state index is -0.214. The molecule has 0 aliphatic heterocycles. The Hall–Kier alpha value is -2.35. The predicted octanol–water partition coefficient (Wildman–Crippen LogP) is 5.81. The average Bonchev–Trinajstić information content (AvgIpc) is 3.42. The molecular formula is C20H19FN4S2. The normalized spacial score (nSPS) is 13.6. The van der Waals surface area contributed by atoms with Crippen molar-refractivity contribution in [1.29, 1.82) is 0 Å². The SMILES string of the molecule is CC(NC(C)c1ccc(-c2ccc(F)cc2)s1)c1nc(-c2cccs2)n[nH]1. The third-order valence-electron chi connectivity index (χ3n) is 4.34. The second kappa shape index (κ2) is 7.72. The molecule has 4 rings (SSSR count). The minimum Gasteiger partial charge on any atom is -0.300 e. The van der Waals surface area contributed by atoms with Gasteiger partial charge in [0, 0.05) is 15.8 Å². The topological polar surface area (TPSA) is 53.6 Å². The van der Waals surface area contributed by atoms with Gasteiger partial charge in [0.1, 0.15) is 11.6 Å². The molecule has 0 spiro atoms. The van der Waals surface area contributed by atoms with Gasteiger partial charge in [0.25, 0.3) is 0 Å². The number of halogens is 1. The van der Waals surface area contributed by atoms with Crippen LogP contribution in [0.15, 0.2) is 53.9 Å². The molecule has 4 nitrogen and oxygen atoms in total. The lowest BCUT2D eigenvalue weighted by molar-refractivity contribution is 0.482. The summed E-state index contributed by atoms with van der Waals surface area (Å²) >= 11 is 3.34. The zero-order chi connectivity index (χ0) is 18.8. The molecule has 0 saturated carbocycles. The fourth-order valence-corrected chi connectivity index (χ4v) is 4.56. The molecule has 2 unspecified atom stereocenters. The number of nitrogens with one attached hydrogen (secondary N) is 2. The van der Waals surface area contributed by atoms with Crippen LogP contribution in [0.1, 0.15) is 36.6 Å². The first-order valence-corrected chi connectivity index (χ1v) is 10.4. The van der Waals surface area contributed by atoms with Crippen molar-refractivity contribution in [2.75, 3.05) is 0 Å². The van der Waals surface area contributed by atoms with E-state index >= 15 is 0 Å². The van der Waals surface area contributed by atoms with Crippen LogP contribution >= 0.6 is 22.7 Å². The van der Waals surface area contributed by atoms with Gasteiger partial charge in [-0.1, -0.05) is 18.2 Å². The van der Waals surface area contributed by atoms with E-state index < -0.39 is 0 Å². The van der Waals surface area contributed by atoms with Gasteiger partial charge in [-0.15, -0.1) is 22.7 Å². The van der Waals surface area contributed by atoms with E-state index in [2.05, 4.69) is 46.5 Å². The molecule has 3 heterocycles. The summed E-state index contributed by atoms with van der Waals surface area (Å²) in [6.45, 7) is 4.21. The van der Waals surface area contributed by atoms with Gasteiger partial charge in [-0.25, -0.2) is 9.37 Å². The maximum Gasteiger partial charge on any atom is 0.191 e. The number of aromatic nitrogens is 3. The third kappa shape index (κ3) is 4.00. The zero-order valence-corrected chi connectivity index (χ0v) is 16.6. The Kier molecular flexibility index (Phi) is 5.15. The van der Waals surface area contributed by atoms with Gasteiger partial charge in [-0.05, 0) is 55.1 Å². The van der Waals surface area contributed by atoms with Crippen LogP contribution in [-0.2, 0) is 0 Å². The molecule has 138 valence electrons. The van der Waals surface area contributed by atoms with Crippen molar-refractivity contribution in [2.24, 2.45) is 0 Å². The first-order chi connectivity index (χ1) is 13.1. The smallest absolute Gasteiger partial charge is 0.191 e. The molecule has 2 atom stereocenters. The van der Waals surface area contributed by atoms with Crippen molar-refractivity contribution in [3.8, 4) is 21.1 Å². The van der Waals surface area contributed by atoms with Crippen molar-refractivity contribution in [1.82, 2.24) is 20.5 Å². The van der Waals surface area contributed by atoms with Crippen molar-refractivity contribution in [2.45, 2.75) is 25.9 Å². The van der Waals surface area contributed by atoms with Gasteiger partial charge in [0.05, 0.1) is 10.9 Å². The molecule has 3 aromatic heterocycles. The Morgan fingerprint density at radius 3 is 2.56 bits per heavy atom. The summed E-state index contributed by atoms with van der Waals surface area (Å²) < 4.78 is 13.1. The largest absolute Gasteiger partial charge is 0.300 e. The van der Waals surface area contributed by atoms with Crippen LogP contribution in [0.5, 0.6) is 0 Å². The molecule has 0 fully saturated rings. The average molecular weight is 399 g/mol. The van der Waals surface area contributed by atoms with Gasteiger partial charge in [-0.2, -0.15) is 5.10 Å². The monoisotopic (exact) mass is 398 g/mol. The molecular weight excluding hydrogens is 379 g/mol. The molecule has 1 aromatic carbocycles. The molecule has 0 bridgehead atoms. The van der Waals surface area contributed by atoms with E-state index in [1.807, 2.05) is 29.6 Å². The maximum atomic E-state index is 13.1. The van der Waals surface area contributed by atoms with E-state index in [-0.39, 0.29) is 17.9 Å². The van der Waals surface area contributed by atoms with Crippen LogP contribution in [0, 0.1) is 5.82 Å². The summed E-state index contributed by atoms with van der Waals surface area (Å²) in [5.74, 6) is 1.34. The second-order valence-electron chi connectivity index (χ2n) is 6.34. The quantitative estimate of drug-likeness (QED) is 0.431. The zero-order valence-electron chi connectivity index (χ0n) is 14.9. The number of hydrogen-bond acceptors (Lipinski definition) is 5. The Bertz CT molecular complexity index is 1000. The molecule has 7 heteroatoms. The lowest BCUT2D eigenvalue weighted by Gasteiger charge is -2.17. The van der Waals surface area contributed by atoms with Crippen molar-refractivity contribution in [3.63, 3.8) is 0 Å². The molecule has 4 aromatic rings. The number of aromatic amines is 1. The minimum absolute atomic E-state index is 0.0394. The fourth-order valence-electron chi connectivity index (χ4n) is 2.87. The first kappa shape index (κ1) is 18.0. The summed E-state index contributed by atoms with van der Waals surface area (Å²) in [7, 11) is 0. The number of benzene rings is 1. The van der Waals surface area contributed by atoms with Crippen LogP contribution in [0.25, 0.3) is 21.1 Å². The van der Waals surface area contributed by atoms with E-state index in [0.717, 1.165) is 27.0 Å². The molecule has 0 aliphatic rings. The van der Waals surface area contributed by atoms with Crippen molar-refractivity contribution in [3.05, 3.63) is 70.4 Å². The Morgan fingerprint density at radius 2 is 1.81 bits per heavy atom. The summed E-state index contributed by atoms with van der Waals surface area (Å²) in [4.78, 5) is 8.02. The highest BCUT2D eigenvalue weighted by atomic mass is 32.1. The predicted molar refractivity (Wildman–Crippen MR) is 109 cm³/mol. The summed E-state index contributed by atoms with van der Waals surface area (Å²) in [5, 5.41) is 12.9. The summed E-state index contributed by atoms with van der Waals surface area (Å²) in [6, 6.07) is 15.0. The fraction of sp³-hybridized carbons (Fsp3) is 0.200. The van der Waals surface area contributed by atoms with Crippen LogP contribution in [0.3, 0.4) is 0 Å². The highest BCUT2D eigenvalue weighted by Crippen LogP contribution is 2.32. The van der Waals surface area contributed by atoms with Crippen LogP contribution < -0.4 is 5.32 Å². The number of thiophene rings is 2. The van der Waals surface area contributed by atoms with Crippen LogP contribution in [0.2, 0.25) is 0 Å². The molecule has 0 saturated heterocycles. The third-order valence-corrected chi connectivity index (χ3v) is 6.52.